The highest BCUT2D eigenvalue weighted by molar-refractivity contribution is 5.96. The summed E-state index contributed by atoms with van der Waals surface area (Å²) in [5.74, 6) is 1.05. The van der Waals surface area contributed by atoms with Crippen LogP contribution in [0.25, 0.3) is 0 Å². The normalized spacial score (nSPS) is 25.8. The van der Waals surface area contributed by atoms with Gasteiger partial charge in [0.2, 0.25) is 0 Å². The molecule has 0 spiro atoms. The number of nitrogens with zero attached hydrogens (tertiary/aromatic N) is 1. The maximum Gasteiger partial charge on any atom is 0.256 e. The van der Waals surface area contributed by atoms with E-state index in [1.54, 1.807) is 6.92 Å². The molecule has 0 bridgehead atoms. The van der Waals surface area contributed by atoms with Gasteiger partial charge in [-0.3, -0.25) is 4.79 Å². The van der Waals surface area contributed by atoms with E-state index < -0.39 is 5.60 Å². The van der Waals surface area contributed by atoms with Crippen LogP contribution in [0.5, 0.6) is 0 Å². The van der Waals surface area contributed by atoms with Gasteiger partial charge in [0.25, 0.3) is 5.91 Å². The van der Waals surface area contributed by atoms with Crippen LogP contribution in [-0.2, 0) is 6.42 Å². The topological polar surface area (TPSA) is 75.4 Å². The highest BCUT2D eigenvalue weighted by Gasteiger charge is 2.33. The molecule has 5 heteroatoms. The van der Waals surface area contributed by atoms with E-state index in [0.29, 0.717) is 35.9 Å². The van der Waals surface area contributed by atoms with Gasteiger partial charge in [0.1, 0.15) is 11.3 Å². The Morgan fingerprint density at radius 3 is 2.67 bits per heavy atom. The maximum atomic E-state index is 12.3. The summed E-state index contributed by atoms with van der Waals surface area (Å²) in [5.41, 5.74) is 0.425. The molecule has 0 aliphatic heterocycles. The van der Waals surface area contributed by atoms with E-state index in [0.717, 1.165) is 25.7 Å². The van der Waals surface area contributed by atoms with Gasteiger partial charge >= 0.3 is 0 Å². The van der Waals surface area contributed by atoms with Crippen molar-refractivity contribution in [2.24, 2.45) is 5.92 Å². The second-order valence-electron chi connectivity index (χ2n) is 6.17. The fourth-order valence-corrected chi connectivity index (χ4v) is 3.08. The number of aliphatic hydroxyl groups is 1. The van der Waals surface area contributed by atoms with Crippen LogP contribution in [0, 0.1) is 12.8 Å². The number of rotatable bonds is 5. The molecule has 118 valence electrons. The van der Waals surface area contributed by atoms with Crippen molar-refractivity contribution in [1.29, 1.82) is 0 Å². The second-order valence-corrected chi connectivity index (χ2v) is 6.17. The van der Waals surface area contributed by atoms with Crippen LogP contribution in [0.3, 0.4) is 0 Å². The summed E-state index contributed by atoms with van der Waals surface area (Å²) in [6, 6.07) is 0. The Morgan fingerprint density at radius 1 is 1.43 bits per heavy atom. The Bertz CT molecular complexity index is 488. The second kappa shape index (κ2) is 6.60. The maximum absolute atomic E-state index is 12.3. The Balaban J connectivity index is 1.93. The first-order chi connectivity index (χ1) is 9.99. The summed E-state index contributed by atoms with van der Waals surface area (Å²) in [6.07, 6.45) is 5.42. The quantitative estimate of drug-likeness (QED) is 0.875. The third kappa shape index (κ3) is 3.64. The smallest absolute Gasteiger partial charge is 0.256 e. The molecule has 0 radical (unpaired) electrons. The van der Waals surface area contributed by atoms with Crippen LogP contribution in [0.15, 0.2) is 4.52 Å². The summed E-state index contributed by atoms with van der Waals surface area (Å²) in [6.45, 7) is 6.17. The van der Waals surface area contributed by atoms with Crippen molar-refractivity contribution in [3.8, 4) is 0 Å². The van der Waals surface area contributed by atoms with E-state index in [2.05, 4.69) is 17.4 Å². The van der Waals surface area contributed by atoms with E-state index in [9.17, 15) is 9.90 Å². The van der Waals surface area contributed by atoms with Gasteiger partial charge in [0.05, 0.1) is 11.3 Å². The van der Waals surface area contributed by atoms with Gasteiger partial charge in [-0.25, -0.2) is 0 Å². The zero-order chi connectivity index (χ0) is 15.5. The molecular weight excluding hydrogens is 268 g/mol. The minimum atomic E-state index is -0.765. The summed E-state index contributed by atoms with van der Waals surface area (Å²) in [5, 5.41) is 17.3. The third-order valence-electron chi connectivity index (χ3n) is 4.69. The molecule has 1 aliphatic rings. The lowest BCUT2D eigenvalue weighted by Gasteiger charge is -2.35. The lowest BCUT2D eigenvalue weighted by molar-refractivity contribution is -0.00788. The summed E-state index contributed by atoms with van der Waals surface area (Å²) in [4.78, 5) is 12.3. The van der Waals surface area contributed by atoms with E-state index in [1.165, 1.54) is 6.42 Å². The van der Waals surface area contributed by atoms with Crippen LogP contribution in [0.1, 0.15) is 67.8 Å². The Morgan fingerprint density at radius 2 is 2.10 bits per heavy atom. The fraction of sp³-hybridized carbons (Fsp3) is 0.750. The van der Waals surface area contributed by atoms with Crippen LogP contribution in [0.4, 0.5) is 0 Å². The van der Waals surface area contributed by atoms with Crippen molar-refractivity contribution in [3.05, 3.63) is 17.0 Å². The average Bonchev–Trinajstić information content (AvgIpc) is 2.87. The molecule has 2 N–H and O–H groups in total. The number of nitrogens with one attached hydrogen (secondary N) is 1. The van der Waals surface area contributed by atoms with E-state index in [4.69, 9.17) is 4.52 Å². The first kappa shape index (κ1) is 16.0. The minimum absolute atomic E-state index is 0.198. The molecule has 1 aromatic heterocycles. The molecule has 0 atom stereocenters. The number of hydrogen-bond acceptors (Lipinski definition) is 4. The van der Waals surface area contributed by atoms with E-state index >= 15 is 0 Å². The van der Waals surface area contributed by atoms with Gasteiger partial charge in [-0.15, -0.1) is 0 Å². The first-order valence-electron chi connectivity index (χ1n) is 7.94. The molecule has 1 heterocycles. The Hall–Kier alpha value is -1.36. The number of carbonyl (C=O) groups excluding carboxylic acids is 1. The lowest BCUT2D eigenvalue weighted by atomic mass is 9.78. The van der Waals surface area contributed by atoms with Crippen molar-refractivity contribution in [1.82, 2.24) is 10.5 Å². The predicted octanol–water partition coefficient (Wildman–Crippen LogP) is 2.61. The minimum Gasteiger partial charge on any atom is -0.388 e. The zero-order valence-electron chi connectivity index (χ0n) is 13.2. The number of aryl methyl sites for hydroxylation is 2. The van der Waals surface area contributed by atoms with Gasteiger partial charge < -0.3 is 14.9 Å². The molecule has 0 unspecified atom stereocenters. The number of carbonyl (C=O) groups is 1. The number of aromatic nitrogens is 1. The van der Waals surface area contributed by atoms with Crippen molar-refractivity contribution in [2.45, 2.75) is 64.9 Å². The molecule has 0 aromatic carbocycles. The lowest BCUT2D eigenvalue weighted by Crippen LogP contribution is -2.45. The molecule has 5 nitrogen and oxygen atoms in total. The molecule has 1 aromatic rings. The molecule has 1 amide bonds. The highest BCUT2D eigenvalue weighted by Crippen LogP contribution is 2.33. The van der Waals surface area contributed by atoms with Gasteiger partial charge in [-0.1, -0.05) is 25.4 Å². The molecule has 1 fully saturated rings. The van der Waals surface area contributed by atoms with Crippen molar-refractivity contribution >= 4 is 5.91 Å². The average molecular weight is 294 g/mol. The van der Waals surface area contributed by atoms with E-state index in [1.807, 2.05) is 6.92 Å². The van der Waals surface area contributed by atoms with Crippen molar-refractivity contribution < 1.29 is 14.4 Å². The van der Waals surface area contributed by atoms with Crippen LogP contribution in [-0.4, -0.2) is 28.3 Å². The van der Waals surface area contributed by atoms with Gasteiger partial charge in [-0.2, -0.15) is 0 Å². The third-order valence-corrected chi connectivity index (χ3v) is 4.69. The summed E-state index contributed by atoms with van der Waals surface area (Å²) >= 11 is 0. The number of amides is 1. The van der Waals surface area contributed by atoms with Crippen LogP contribution < -0.4 is 5.32 Å². The summed E-state index contributed by atoms with van der Waals surface area (Å²) < 4.78 is 5.08. The first-order valence-corrected chi connectivity index (χ1v) is 7.94. The molecule has 0 saturated heterocycles. The SMILES string of the molecule is CCc1noc(C)c1C(=O)NCC1(O)CCC(CC)CC1. The standard InChI is InChI=1S/C16H26N2O3/c1-4-12-6-8-16(20,9-7-12)10-17-15(19)14-11(3)21-18-13(14)5-2/h12,20H,4-10H2,1-3H3,(H,17,19). The Kier molecular flexibility index (Phi) is 5.04. The zero-order valence-corrected chi connectivity index (χ0v) is 13.2. The van der Waals surface area contributed by atoms with Gasteiger partial charge in [0.15, 0.2) is 0 Å². The molecule has 21 heavy (non-hydrogen) atoms. The number of hydrogen-bond donors (Lipinski definition) is 2. The largest absolute Gasteiger partial charge is 0.388 e. The van der Waals surface area contributed by atoms with Gasteiger partial charge in [-0.05, 0) is 44.9 Å². The molecule has 1 aliphatic carbocycles. The monoisotopic (exact) mass is 294 g/mol. The van der Waals surface area contributed by atoms with Crippen LogP contribution >= 0.6 is 0 Å². The predicted molar refractivity (Wildman–Crippen MR) is 80.2 cm³/mol. The van der Waals surface area contributed by atoms with Crippen LogP contribution in [0.2, 0.25) is 0 Å². The molecular formula is C16H26N2O3. The highest BCUT2D eigenvalue weighted by atomic mass is 16.5. The molecule has 2 rings (SSSR count). The van der Waals surface area contributed by atoms with E-state index in [-0.39, 0.29) is 5.91 Å². The fourth-order valence-electron chi connectivity index (χ4n) is 3.08. The van der Waals surface area contributed by atoms with Gasteiger partial charge in [0, 0.05) is 6.54 Å². The van der Waals surface area contributed by atoms with Crippen molar-refractivity contribution in [2.75, 3.05) is 6.54 Å². The summed E-state index contributed by atoms with van der Waals surface area (Å²) in [7, 11) is 0. The van der Waals surface area contributed by atoms with Crippen molar-refractivity contribution in [3.63, 3.8) is 0 Å². The molecule has 1 saturated carbocycles. The Labute approximate surface area is 126 Å².